The van der Waals surface area contributed by atoms with E-state index in [1.807, 2.05) is 0 Å². The molecule has 9 heteroatoms. The Kier molecular flexibility index (Phi) is 4.02. The van der Waals surface area contributed by atoms with Crippen LogP contribution in [0.2, 0.25) is 0 Å². The minimum absolute atomic E-state index is 0.775. The Morgan fingerprint density at radius 1 is 0.955 bits per heavy atom. The molecule has 0 spiro atoms. The van der Waals surface area contributed by atoms with Crippen LogP contribution in [0.4, 0.5) is 0 Å². The van der Waals surface area contributed by atoms with Crippen LogP contribution in [-0.4, -0.2) is 27.8 Å². The van der Waals surface area contributed by atoms with Crippen molar-refractivity contribution in [3.63, 3.8) is 0 Å². The van der Waals surface area contributed by atoms with E-state index in [4.69, 9.17) is 12.3 Å². The molecule has 8 nitrogen and oxygen atoms in total. The maximum absolute atomic E-state index is 12.1. The molecule has 1 heterocycles. The topological polar surface area (TPSA) is 105 Å². The molecular formula is C13H15IO8. The fourth-order valence-electron chi connectivity index (χ4n) is 2.21. The molecule has 122 valence electrons. The summed E-state index contributed by atoms with van der Waals surface area (Å²) in [5.74, 6) is -4.27. The predicted molar refractivity (Wildman–Crippen MR) is 81.0 cm³/mol. The number of halogens is 1. The van der Waals surface area contributed by atoms with Gasteiger partial charge in [-0.25, -0.2) is 0 Å². The van der Waals surface area contributed by atoms with Crippen molar-refractivity contribution in [2.45, 2.75) is 24.7 Å². The number of fused-ring (bicyclic) bond motifs is 1. The molecule has 0 aromatic rings. The molecule has 22 heavy (non-hydrogen) atoms. The summed E-state index contributed by atoms with van der Waals surface area (Å²) in [7, 11) is 0. The number of hydrogen-bond donors (Lipinski definition) is 0. The van der Waals surface area contributed by atoms with Crippen LogP contribution in [-0.2, 0) is 31.4 Å². The van der Waals surface area contributed by atoms with Crippen molar-refractivity contribution < 1.29 is 31.4 Å². The van der Waals surface area contributed by atoms with Crippen LogP contribution in [0, 0.1) is 5.92 Å². The van der Waals surface area contributed by atoms with E-state index in [2.05, 4.69) is 0 Å². The number of rotatable bonds is 3. The first kappa shape index (κ1) is 16.5. The first-order valence-electron chi connectivity index (χ1n) is 6.26. The normalized spacial score (nSPS) is 28.5. The fraction of sp³-hybridized carbons (Fsp3) is 0.385. The third-order valence-electron chi connectivity index (χ3n) is 2.71. The molecule has 0 radical (unpaired) electrons. The summed E-state index contributed by atoms with van der Waals surface area (Å²) in [5, 5.41) is 0. The van der Waals surface area contributed by atoms with Gasteiger partial charge >= 0.3 is 129 Å². The molecular weight excluding hydrogens is 411 g/mol. The van der Waals surface area contributed by atoms with Crippen LogP contribution in [0.5, 0.6) is 0 Å². The third kappa shape index (κ3) is 2.60. The Morgan fingerprint density at radius 2 is 1.41 bits per heavy atom. The van der Waals surface area contributed by atoms with Gasteiger partial charge in [0.15, 0.2) is 0 Å². The first-order valence-corrected chi connectivity index (χ1v) is 11.0. The molecule has 0 aromatic carbocycles. The van der Waals surface area contributed by atoms with Crippen LogP contribution in [0.3, 0.4) is 0 Å². The molecule has 0 saturated carbocycles. The molecule has 0 amide bonds. The van der Waals surface area contributed by atoms with Gasteiger partial charge in [0, 0.05) is 0 Å². The van der Waals surface area contributed by atoms with Gasteiger partial charge in [-0.05, 0) is 0 Å². The van der Waals surface area contributed by atoms with Crippen molar-refractivity contribution >= 4 is 42.6 Å². The van der Waals surface area contributed by atoms with Crippen LogP contribution in [0.15, 0.2) is 24.3 Å². The Bertz CT molecular complexity index is 576. The SMILES string of the molecule is CC(=O)OI1(OC(C)=O)(OC(C)=O)OC(=O)C2C=CC=CC21. The molecule has 1 aliphatic carbocycles. The second-order valence-corrected chi connectivity index (χ2v) is 12.0. The minimum atomic E-state index is -5.91. The quantitative estimate of drug-likeness (QED) is 0.495. The fourth-order valence-corrected chi connectivity index (χ4v) is 11.1. The van der Waals surface area contributed by atoms with Crippen molar-refractivity contribution in [2.24, 2.45) is 5.92 Å². The van der Waals surface area contributed by atoms with E-state index in [0.717, 1.165) is 20.8 Å². The summed E-state index contributed by atoms with van der Waals surface area (Å²) in [6, 6.07) is 0. The van der Waals surface area contributed by atoms with Gasteiger partial charge in [0.2, 0.25) is 0 Å². The molecule has 0 bridgehead atoms. The van der Waals surface area contributed by atoms with Crippen molar-refractivity contribution in [3.05, 3.63) is 24.3 Å². The number of carbonyl (C=O) groups excluding carboxylic acids is 4. The van der Waals surface area contributed by atoms with Crippen LogP contribution in [0.25, 0.3) is 0 Å². The van der Waals surface area contributed by atoms with E-state index in [-0.39, 0.29) is 0 Å². The number of alkyl halides is 1. The molecule has 2 aliphatic rings. The average Bonchev–Trinajstić information content (AvgIpc) is 2.57. The van der Waals surface area contributed by atoms with Gasteiger partial charge in [0.05, 0.1) is 0 Å². The molecule has 1 aliphatic heterocycles. The summed E-state index contributed by atoms with van der Waals surface area (Å²) in [4.78, 5) is 46.8. The summed E-state index contributed by atoms with van der Waals surface area (Å²) < 4.78 is 19.8. The zero-order valence-corrected chi connectivity index (χ0v) is 14.3. The van der Waals surface area contributed by atoms with Crippen molar-refractivity contribution in [3.8, 4) is 0 Å². The number of hydrogen-bond acceptors (Lipinski definition) is 8. The van der Waals surface area contributed by atoms with Gasteiger partial charge in [0.25, 0.3) is 0 Å². The first-order chi connectivity index (χ1) is 10.2. The summed E-state index contributed by atoms with van der Waals surface area (Å²) in [6.07, 6.45) is 6.17. The Balaban J connectivity index is 2.67. The molecule has 2 atom stereocenters. The molecule has 0 N–H and O–H groups in total. The Hall–Kier alpha value is -1.91. The number of carbonyl (C=O) groups is 4. The van der Waals surface area contributed by atoms with Crippen LogP contribution in [0.1, 0.15) is 20.8 Å². The van der Waals surface area contributed by atoms with Crippen molar-refractivity contribution in [2.75, 3.05) is 0 Å². The van der Waals surface area contributed by atoms with Gasteiger partial charge in [-0.3, -0.25) is 0 Å². The zero-order valence-electron chi connectivity index (χ0n) is 12.1. The second-order valence-electron chi connectivity index (χ2n) is 4.58. The maximum atomic E-state index is 12.1. The summed E-state index contributed by atoms with van der Waals surface area (Å²) in [5.41, 5.74) is 0. The average molecular weight is 426 g/mol. The van der Waals surface area contributed by atoms with Crippen molar-refractivity contribution in [1.82, 2.24) is 0 Å². The predicted octanol–water partition coefficient (Wildman–Crippen LogP) is 1.58. The second kappa shape index (κ2) is 5.38. The van der Waals surface area contributed by atoms with Gasteiger partial charge in [0.1, 0.15) is 0 Å². The van der Waals surface area contributed by atoms with Gasteiger partial charge in [-0.15, -0.1) is 0 Å². The molecule has 1 saturated heterocycles. The van der Waals surface area contributed by atoms with Crippen LogP contribution < -0.4 is 0 Å². The van der Waals surface area contributed by atoms with E-state index in [0.29, 0.717) is 0 Å². The zero-order chi connectivity index (χ0) is 16.6. The van der Waals surface area contributed by atoms with E-state index in [1.165, 1.54) is 12.2 Å². The summed E-state index contributed by atoms with van der Waals surface area (Å²) in [6.45, 7) is 3.14. The van der Waals surface area contributed by atoms with Gasteiger partial charge < -0.3 is 0 Å². The standard InChI is InChI=1S/C13H15IO8/c1-8(15)19-14(20-9(2)16,21-10(3)17)12-7-5-4-6-11(12)13(18)22-14/h4-7,11-12H,1-3H3. The Labute approximate surface area is 129 Å². The molecule has 2 unspecified atom stereocenters. The van der Waals surface area contributed by atoms with Gasteiger partial charge in [-0.1, -0.05) is 0 Å². The van der Waals surface area contributed by atoms with E-state index in [1.54, 1.807) is 12.2 Å². The van der Waals surface area contributed by atoms with E-state index in [9.17, 15) is 19.2 Å². The summed E-state index contributed by atoms with van der Waals surface area (Å²) >= 11 is -5.91. The Morgan fingerprint density at radius 3 is 1.86 bits per heavy atom. The van der Waals surface area contributed by atoms with Crippen molar-refractivity contribution in [1.29, 1.82) is 0 Å². The van der Waals surface area contributed by atoms with Gasteiger partial charge in [-0.2, -0.15) is 0 Å². The number of allylic oxidation sites excluding steroid dienone is 3. The molecule has 0 aromatic heterocycles. The third-order valence-corrected chi connectivity index (χ3v) is 11.7. The van der Waals surface area contributed by atoms with E-state index < -0.39 is 52.4 Å². The monoisotopic (exact) mass is 426 g/mol. The molecule has 1 fully saturated rings. The van der Waals surface area contributed by atoms with Crippen LogP contribution >= 0.6 is 18.7 Å². The van der Waals surface area contributed by atoms with E-state index >= 15 is 0 Å². The molecule has 2 rings (SSSR count).